The quantitative estimate of drug-likeness (QED) is 0.774. The lowest BCUT2D eigenvalue weighted by Gasteiger charge is -2.09. The standard InChI is InChI=1S/C7H12N2O2S2/c1-6(9-13(8,10)11)4-7-2-3-12-5-7/h2-3,5-6,9H,4H2,1H3,(H2,8,10,11). The first-order chi connectivity index (χ1) is 5.97. The fourth-order valence-electron chi connectivity index (χ4n) is 1.08. The molecule has 0 aromatic carbocycles. The van der Waals surface area contributed by atoms with Gasteiger partial charge < -0.3 is 0 Å². The third-order valence-corrected chi connectivity index (χ3v) is 2.95. The molecule has 0 spiro atoms. The van der Waals surface area contributed by atoms with Gasteiger partial charge in [-0.2, -0.15) is 24.5 Å². The van der Waals surface area contributed by atoms with Crippen LogP contribution in [0.5, 0.6) is 0 Å². The summed E-state index contributed by atoms with van der Waals surface area (Å²) in [5.41, 5.74) is 1.12. The lowest BCUT2D eigenvalue weighted by molar-refractivity contribution is 0.561. The summed E-state index contributed by atoms with van der Waals surface area (Å²) in [6, 6.07) is 1.80. The number of hydrogen-bond donors (Lipinski definition) is 2. The summed E-state index contributed by atoms with van der Waals surface area (Å²) >= 11 is 1.59. The predicted molar refractivity (Wildman–Crippen MR) is 53.7 cm³/mol. The molecule has 13 heavy (non-hydrogen) atoms. The van der Waals surface area contributed by atoms with Gasteiger partial charge in [0.25, 0.3) is 10.2 Å². The van der Waals surface area contributed by atoms with Crippen molar-refractivity contribution in [3.05, 3.63) is 22.4 Å². The van der Waals surface area contributed by atoms with Gasteiger partial charge in [-0.05, 0) is 35.7 Å². The van der Waals surface area contributed by atoms with Crippen LogP contribution in [-0.4, -0.2) is 14.5 Å². The average Bonchev–Trinajstić information content (AvgIpc) is 2.34. The first-order valence-corrected chi connectivity index (χ1v) is 6.27. The van der Waals surface area contributed by atoms with Gasteiger partial charge in [-0.1, -0.05) is 0 Å². The monoisotopic (exact) mass is 220 g/mol. The van der Waals surface area contributed by atoms with Crippen molar-refractivity contribution in [2.75, 3.05) is 0 Å². The van der Waals surface area contributed by atoms with E-state index in [1.807, 2.05) is 16.8 Å². The molecule has 1 unspecified atom stereocenters. The molecule has 74 valence electrons. The molecule has 1 heterocycles. The number of nitrogens with two attached hydrogens (primary N) is 1. The van der Waals surface area contributed by atoms with Crippen LogP contribution in [0.3, 0.4) is 0 Å². The van der Waals surface area contributed by atoms with E-state index < -0.39 is 10.2 Å². The third-order valence-electron chi connectivity index (χ3n) is 1.49. The summed E-state index contributed by atoms with van der Waals surface area (Å²) in [5.74, 6) is 0. The van der Waals surface area contributed by atoms with Crippen molar-refractivity contribution in [2.45, 2.75) is 19.4 Å². The van der Waals surface area contributed by atoms with E-state index in [1.54, 1.807) is 18.3 Å². The maximum absolute atomic E-state index is 10.6. The molecule has 0 aliphatic carbocycles. The highest BCUT2D eigenvalue weighted by Gasteiger charge is 2.09. The van der Waals surface area contributed by atoms with Crippen LogP contribution in [0.15, 0.2) is 16.8 Å². The zero-order valence-electron chi connectivity index (χ0n) is 7.23. The van der Waals surface area contributed by atoms with Gasteiger partial charge in [0.2, 0.25) is 0 Å². The third kappa shape index (κ3) is 4.37. The molecule has 0 amide bonds. The van der Waals surface area contributed by atoms with Crippen LogP contribution in [0.1, 0.15) is 12.5 Å². The van der Waals surface area contributed by atoms with Crippen LogP contribution in [0.25, 0.3) is 0 Å². The van der Waals surface area contributed by atoms with Gasteiger partial charge in [0.15, 0.2) is 0 Å². The molecule has 1 rings (SSSR count). The SMILES string of the molecule is CC(Cc1ccsc1)NS(N)(=O)=O. The van der Waals surface area contributed by atoms with E-state index in [-0.39, 0.29) is 6.04 Å². The minimum absolute atomic E-state index is 0.162. The van der Waals surface area contributed by atoms with E-state index in [0.29, 0.717) is 6.42 Å². The predicted octanol–water partition coefficient (Wildman–Crippen LogP) is 0.472. The van der Waals surface area contributed by atoms with Gasteiger partial charge in [-0.25, -0.2) is 5.14 Å². The Morgan fingerprint density at radius 2 is 2.38 bits per heavy atom. The van der Waals surface area contributed by atoms with Crippen molar-refractivity contribution in [3.63, 3.8) is 0 Å². The van der Waals surface area contributed by atoms with Gasteiger partial charge >= 0.3 is 0 Å². The largest absolute Gasteiger partial charge is 0.274 e. The van der Waals surface area contributed by atoms with Crippen molar-refractivity contribution in [1.29, 1.82) is 0 Å². The van der Waals surface area contributed by atoms with E-state index in [2.05, 4.69) is 4.72 Å². The second-order valence-electron chi connectivity index (χ2n) is 2.90. The van der Waals surface area contributed by atoms with Gasteiger partial charge in [0.1, 0.15) is 0 Å². The molecule has 0 radical (unpaired) electrons. The van der Waals surface area contributed by atoms with Crippen LogP contribution in [0.4, 0.5) is 0 Å². The molecular formula is C7H12N2O2S2. The number of nitrogens with one attached hydrogen (secondary N) is 1. The molecule has 1 atom stereocenters. The summed E-state index contributed by atoms with van der Waals surface area (Å²) in [6.07, 6.45) is 0.667. The fourth-order valence-corrected chi connectivity index (χ4v) is 2.41. The average molecular weight is 220 g/mol. The van der Waals surface area contributed by atoms with Gasteiger partial charge in [0, 0.05) is 6.04 Å². The molecule has 3 N–H and O–H groups in total. The highest BCUT2D eigenvalue weighted by Crippen LogP contribution is 2.08. The topological polar surface area (TPSA) is 72.2 Å². The Morgan fingerprint density at radius 1 is 1.69 bits per heavy atom. The minimum atomic E-state index is -3.57. The molecule has 1 aromatic rings. The molecule has 6 heteroatoms. The summed E-state index contributed by atoms with van der Waals surface area (Å²) < 4.78 is 23.6. The summed E-state index contributed by atoms with van der Waals surface area (Å²) in [4.78, 5) is 0. The fraction of sp³-hybridized carbons (Fsp3) is 0.429. The molecule has 1 aromatic heterocycles. The Morgan fingerprint density at radius 3 is 2.85 bits per heavy atom. The molecule has 0 aliphatic heterocycles. The van der Waals surface area contributed by atoms with E-state index in [1.165, 1.54) is 0 Å². The lowest BCUT2D eigenvalue weighted by atomic mass is 10.1. The van der Waals surface area contributed by atoms with E-state index >= 15 is 0 Å². The maximum atomic E-state index is 10.6. The van der Waals surface area contributed by atoms with Crippen LogP contribution in [0, 0.1) is 0 Å². The maximum Gasteiger partial charge on any atom is 0.274 e. The molecule has 0 saturated carbocycles. The number of rotatable bonds is 4. The Bertz CT molecular complexity index is 345. The first kappa shape index (κ1) is 10.6. The summed E-state index contributed by atoms with van der Waals surface area (Å²) in [7, 11) is -3.57. The van der Waals surface area contributed by atoms with Crippen LogP contribution in [-0.2, 0) is 16.6 Å². The van der Waals surface area contributed by atoms with E-state index in [4.69, 9.17) is 5.14 Å². The second-order valence-corrected chi connectivity index (χ2v) is 5.01. The number of thiophene rings is 1. The van der Waals surface area contributed by atoms with Crippen molar-refractivity contribution in [1.82, 2.24) is 4.72 Å². The molecule has 0 aliphatic rings. The van der Waals surface area contributed by atoms with Crippen molar-refractivity contribution in [3.8, 4) is 0 Å². The van der Waals surface area contributed by atoms with Gasteiger partial charge in [-0.15, -0.1) is 0 Å². The zero-order chi connectivity index (χ0) is 9.90. The molecule has 0 fully saturated rings. The highest BCUT2D eigenvalue weighted by molar-refractivity contribution is 7.87. The molecule has 0 bridgehead atoms. The minimum Gasteiger partial charge on any atom is -0.216 e. The van der Waals surface area contributed by atoms with Gasteiger partial charge in [0.05, 0.1) is 0 Å². The smallest absolute Gasteiger partial charge is 0.216 e. The number of hydrogen-bond acceptors (Lipinski definition) is 3. The van der Waals surface area contributed by atoms with Crippen molar-refractivity contribution < 1.29 is 8.42 Å². The van der Waals surface area contributed by atoms with Crippen molar-refractivity contribution >= 4 is 21.5 Å². The summed E-state index contributed by atoms with van der Waals surface area (Å²) in [6.45, 7) is 1.78. The van der Waals surface area contributed by atoms with E-state index in [0.717, 1.165) is 5.56 Å². The van der Waals surface area contributed by atoms with Crippen molar-refractivity contribution in [2.24, 2.45) is 5.14 Å². The molecular weight excluding hydrogens is 208 g/mol. The summed E-state index contributed by atoms with van der Waals surface area (Å²) in [5, 5.41) is 8.77. The Hall–Kier alpha value is -0.430. The van der Waals surface area contributed by atoms with Crippen LogP contribution < -0.4 is 9.86 Å². The molecule has 0 saturated heterocycles. The highest BCUT2D eigenvalue weighted by atomic mass is 32.2. The Balaban J connectivity index is 2.47. The lowest BCUT2D eigenvalue weighted by Crippen LogP contribution is -2.38. The Kier molecular flexibility index (Phi) is 3.43. The first-order valence-electron chi connectivity index (χ1n) is 3.78. The van der Waals surface area contributed by atoms with E-state index in [9.17, 15) is 8.42 Å². The van der Waals surface area contributed by atoms with Crippen LogP contribution in [0.2, 0.25) is 0 Å². The normalized spacial score (nSPS) is 14.3. The van der Waals surface area contributed by atoms with Gasteiger partial charge in [-0.3, -0.25) is 0 Å². The zero-order valence-corrected chi connectivity index (χ0v) is 8.86. The second kappa shape index (κ2) is 4.19. The molecule has 4 nitrogen and oxygen atoms in total. The van der Waals surface area contributed by atoms with Crippen LogP contribution >= 0.6 is 11.3 Å². The Labute approximate surface area is 82.0 Å².